The Hall–Kier alpha value is 0.220. The average Bonchev–Trinajstić information content (AvgIpc) is 2.09. The fourth-order valence-corrected chi connectivity index (χ4v) is 6.11. The summed E-state index contributed by atoms with van der Waals surface area (Å²) in [6.07, 6.45) is 10.8. The summed E-state index contributed by atoms with van der Waals surface area (Å²) in [6.45, 7) is 3.92. The van der Waals surface area contributed by atoms with Gasteiger partial charge in [-0.25, -0.2) is 0 Å². The van der Waals surface area contributed by atoms with E-state index < -0.39 is 0 Å². The van der Waals surface area contributed by atoms with Crippen LogP contribution in [0, 0.1) is 23.7 Å². The van der Waals surface area contributed by atoms with Crippen molar-refractivity contribution in [1.82, 2.24) is 0 Å². The van der Waals surface area contributed by atoms with Crippen molar-refractivity contribution >= 4 is 15.9 Å². The molecule has 0 amide bonds. The van der Waals surface area contributed by atoms with Crippen molar-refractivity contribution in [1.29, 1.82) is 0 Å². The minimum atomic E-state index is 0.510. The third-order valence-corrected chi connectivity index (χ3v) is 6.08. The molecule has 4 saturated carbocycles. The Labute approximate surface area is 95.3 Å². The van der Waals surface area contributed by atoms with E-state index in [4.69, 9.17) is 0 Å². The minimum absolute atomic E-state index is 0.510. The number of alkyl halides is 1. The van der Waals surface area contributed by atoms with Gasteiger partial charge in [0, 0.05) is 4.32 Å². The zero-order valence-electron chi connectivity index (χ0n) is 8.71. The molecular formula is C13H19Br. The first-order valence-corrected chi connectivity index (χ1v) is 6.80. The summed E-state index contributed by atoms with van der Waals surface area (Å²) in [5.41, 5.74) is 0. The molecule has 0 nitrogen and oxygen atoms in total. The van der Waals surface area contributed by atoms with Crippen molar-refractivity contribution < 1.29 is 0 Å². The van der Waals surface area contributed by atoms with Crippen molar-refractivity contribution in [3.05, 3.63) is 12.7 Å². The number of hydrogen-bond donors (Lipinski definition) is 0. The van der Waals surface area contributed by atoms with Crippen LogP contribution in [0.25, 0.3) is 0 Å². The molecule has 14 heavy (non-hydrogen) atoms. The van der Waals surface area contributed by atoms with Crippen LogP contribution in [-0.4, -0.2) is 4.32 Å². The van der Waals surface area contributed by atoms with E-state index in [2.05, 4.69) is 28.6 Å². The Balaban J connectivity index is 1.89. The van der Waals surface area contributed by atoms with E-state index in [1.165, 1.54) is 38.5 Å². The highest BCUT2D eigenvalue weighted by molar-refractivity contribution is 9.10. The van der Waals surface area contributed by atoms with Crippen LogP contribution >= 0.6 is 15.9 Å². The van der Waals surface area contributed by atoms with E-state index in [0.717, 1.165) is 23.7 Å². The first kappa shape index (κ1) is 9.45. The predicted octanol–water partition coefficient (Wildman–Crippen LogP) is 4.15. The lowest BCUT2D eigenvalue weighted by molar-refractivity contribution is -0.0117. The summed E-state index contributed by atoms with van der Waals surface area (Å²) in [5, 5.41) is 0. The highest BCUT2D eigenvalue weighted by Gasteiger charge is 2.55. The van der Waals surface area contributed by atoms with Gasteiger partial charge in [-0.1, -0.05) is 22.0 Å². The summed E-state index contributed by atoms with van der Waals surface area (Å²) in [5.74, 6) is 4.01. The average molecular weight is 255 g/mol. The summed E-state index contributed by atoms with van der Waals surface area (Å²) < 4.78 is 0.510. The van der Waals surface area contributed by atoms with E-state index in [0.29, 0.717) is 4.32 Å². The van der Waals surface area contributed by atoms with Gasteiger partial charge in [-0.3, -0.25) is 0 Å². The van der Waals surface area contributed by atoms with Crippen LogP contribution < -0.4 is 0 Å². The predicted molar refractivity (Wildman–Crippen MR) is 63.5 cm³/mol. The second kappa shape index (κ2) is 3.10. The first-order chi connectivity index (χ1) is 6.71. The molecule has 0 spiro atoms. The van der Waals surface area contributed by atoms with Crippen molar-refractivity contribution in [2.45, 2.75) is 42.8 Å². The molecule has 3 unspecified atom stereocenters. The molecule has 1 heteroatoms. The van der Waals surface area contributed by atoms with Gasteiger partial charge in [-0.2, -0.15) is 0 Å². The molecular weight excluding hydrogens is 236 g/mol. The molecule has 4 rings (SSSR count). The molecule has 4 aliphatic rings. The highest BCUT2D eigenvalue weighted by Crippen LogP contribution is 2.62. The monoisotopic (exact) mass is 254 g/mol. The van der Waals surface area contributed by atoms with Crippen LogP contribution in [-0.2, 0) is 0 Å². The second-order valence-corrected chi connectivity index (χ2v) is 7.35. The topological polar surface area (TPSA) is 0 Å². The molecule has 0 heterocycles. The van der Waals surface area contributed by atoms with Gasteiger partial charge in [0.15, 0.2) is 0 Å². The Morgan fingerprint density at radius 1 is 1.21 bits per heavy atom. The van der Waals surface area contributed by atoms with Gasteiger partial charge in [0.05, 0.1) is 0 Å². The zero-order chi connectivity index (χ0) is 9.76. The molecule has 0 aromatic carbocycles. The lowest BCUT2D eigenvalue weighted by Gasteiger charge is -2.59. The highest BCUT2D eigenvalue weighted by atomic mass is 79.9. The lowest BCUT2D eigenvalue weighted by atomic mass is 9.51. The Morgan fingerprint density at radius 3 is 2.36 bits per heavy atom. The minimum Gasteiger partial charge on any atom is -0.103 e. The van der Waals surface area contributed by atoms with Crippen molar-refractivity contribution in [3.63, 3.8) is 0 Å². The lowest BCUT2D eigenvalue weighted by Crippen LogP contribution is -2.53. The molecule has 0 aromatic heterocycles. The Bertz CT molecular complexity index is 244. The van der Waals surface area contributed by atoms with Gasteiger partial charge in [0.1, 0.15) is 0 Å². The van der Waals surface area contributed by atoms with E-state index in [1.54, 1.807) is 0 Å². The van der Waals surface area contributed by atoms with Crippen molar-refractivity contribution in [2.75, 3.05) is 0 Å². The largest absolute Gasteiger partial charge is 0.103 e. The molecule has 3 atom stereocenters. The standard InChI is InChI=1S/C13H19Br/c1-2-3-12-11-5-9-4-10(6-11)8-13(12,14)7-9/h2,9-12H,1,3-8H2. The fraction of sp³-hybridized carbons (Fsp3) is 0.846. The maximum absolute atomic E-state index is 4.08. The van der Waals surface area contributed by atoms with Crippen molar-refractivity contribution in [3.8, 4) is 0 Å². The maximum Gasteiger partial charge on any atom is 0.0297 e. The molecule has 4 bridgehead atoms. The van der Waals surface area contributed by atoms with Crippen LogP contribution in [0.15, 0.2) is 12.7 Å². The molecule has 0 saturated heterocycles. The molecule has 0 radical (unpaired) electrons. The number of allylic oxidation sites excluding steroid dienone is 1. The number of rotatable bonds is 2. The van der Waals surface area contributed by atoms with E-state index >= 15 is 0 Å². The molecule has 0 N–H and O–H groups in total. The number of hydrogen-bond acceptors (Lipinski definition) is 0. The molecule has 0 aliphatic heterocycles. The van der Waals surface area contributed by atoms with E-state index in [1.807, 2.05) is 0 Å². The summed E-state index contributed by atoms with van der Waals surface area (Å²) in [6, 6.07) is 0. The third kappa shape index (κ3) is 1.24. The van der Waals surface area contributed by atoms with Crippen molar-refractivity contribution in [2.24, 2.45) is 23.7 Å². The van der Waals surface area contributed by atoms with E-state index in [-0.39, 0.29) is 0 Å². The molecule has 78 valence electrons. The quantitative estimate of drug-likeness (QED) is 0.513. The SMILES string of the molecule is C=CCC1C2CC3CC(C2)CC1(Br)C3. The van der Waals surface area contributed by atoms with Crippen LogP contribution in [0.5, 0.6) is 0 Å². The Morgan fingerprint density at radius 2 is 1.86 bits per heavy atom. The van der Waals surface area contributed by atoms with Gasteiger partial charge >= 0.3 is 0 Å². The normalized spacial score (nSPS) is 54.9. The Kier molecular flexibility index (Phi) is 2.09. The smallest absolute Gasteiger partial charge is 0.0297 e. The van der Waals surface area contributed by atoms with Gasteiger partial charge < -0.3 is 0 Å². The van der Waals surface area contributed by atoms with Gasteiger partial charge in [-0.05, 0) is 62.2 Å². The fourth-order valence-electron chi connectivity index (χ4n) is 4.63. The molecule has 4 fully saturated rings. The third-order valence-electron chi connectivity index (χ3n) is 4.85. The second-order valence-electron chi connectivity index (χ2n) is 5.77. The van der Waals surface area contributed by atoms with Crippen LogP contribution in [0.1, 0.15) is 38.5 Å². The van der Waals surface area contributed by atoms with Gasteiger partial charge in [0.2, 0.25) is 0 Å². The summed E-state index contributed by atoms with van der Waals surface area (Å²) in [4.78, 5) is 0. The maximum atomic E-state index is 4.08. The van der Waals surface area contributed by atoms with Crippen LogP contribution in [0.2, 0.25) is 0 Å². The zero-order valence-corrected chi connectivity index (χ0v) is 10.3. The van der Waals surface area contributed by atoms with Gasteiger partial charge in [0.25, 0.3) is 0 Å². The van der Waals surface area contributed by atoms with Crippen LogP contribution in [0.4, 0.5) is 0 Å². The molecule has 0 aromatic rings. The summed E-state index contributed by atoms with van der Waals surface area (Å²) in [7, 11) is 0. The number of halogens is 1. The first-order valence-electron chi connectivity index (χ1n) is 6.01. The van der Waals surface area contributed by atoms with E-state index in [9.17, 15) is 0 Å². The van der Waals surface area contributed by atoms with Gasteiger partial charge in [-0.15, -0.1) is 6.58 Å². The molecule has 4 aliphatic carbocycles. The van der Waals surface area contributed by atoms with Crippen LogP contribution in [0.3, 0.4) is 0 Å². The summed E-state index contributed by atoms with van der Waals surface area (Å²) >= 11 is 4.08.